The van der Waals surface area contributed by atoms with Crippen LogP contribution in [0.5, 0.6) is 0 Å². The Morgan fingerprint density at radius 2 is 1.29 bits per heavy atom. The molecule has 0 aliphatic carbocycles. The minimum absolute atomic E-state index is 0. The molecule has 7 heavy (non-hydrogen) atoms. The predicted octanol–water partition coefficient (Wildman–Crippen LogP) is -8.51. The van der Waals surface area contributed by atoms with Gasteiger partial charge in [-0.2, -0.15) is 0 Å². The number of hydrogen-bond donors (Lipinski definition) is 1. The van der Waals surface area contributed by atoms with Gasteiger partial charge in [-0.3, -0.25) is 0 Å². The van der Waals surface area contributed by atoms with Gasteiger partial charge in [0.2, 0.25) is 0 Å². The van der Waals surface area contributed by atoms with Crippen molar-refractivity contribution in [2.24, 2.45) is 5.34 Å². The molecule has 0 saturated carbocycles. The summed E-state index contributed by atoms with van der Waals surface area (Å²) in [6, 6.07) is 0. The van der Waals surface area contributed by atoms with Crippen LogP contribution in [0.15, 0.2) is 5.34 Å². The Kier molecular flexibility index (Phi) is 166. The van der Waals surface area contributed by atoms with Crippen molar-refractivity contribution < 1.29 is 118 Å². The van der Waals surface area contributed by atoms with E-state index in [9.17, 15) is 0 Å². The number of rotatable bonds is 0. The molecule has 0 aromatic carbocycles. The molecule has 0 aliphatic heterocycles. The van der Waals surface area contributed by atoms with Crippen molar-refractivity contribution in [3.8, 4) is 0 Å². The van der Waals surface area contributed by atoms with E-state index in [0.717, 1.165) is 0 Å². The topological polar surface area (TPSA) is 49.7 Å². The van der Waals surface area contributed by atoms with Crippen molar-refractivity contribution in [3.05, 3.63) is 4.91 Å². The fraction of sp³-hybridized carbons (Fsp3) is 0. The van der Waals surface area contributed by atoms with Crippen LogP contribution in [-0.4, -0.2) is 5.21 Å². The summed E-state index contributed by atoms with van der Waals surface area (Å²) in [5.74, 6) is 0. The van der Waals surface area contributed by atoms with E-state index in [2.05, 4.69) is 0 Å². The average molecular weight is 222 g/mol. The van der Waals surface area contributed by atoms with E-state index >= 15 is 0 Å². The van der Waals surface area contributed by atoms with Crippen LogP contribution in [0.3, 0.4) is 0 Å². The Hall–Kier alpha value is 3.02. The molecule has 0 spiro atoms. The van der Waals surface area contributed by atoms with E-state index in [4.69, 9.17) is 10.1 Å². The zero-order chi connectivity index (χ0) is 2.71. The second-order valence-electron chi connectivity index (χ2n) is 0.0816. The summed E-state index contributed by atoms with van der Waals surface area (Å²) >= 11 is 0. The van der Waals surface area contributed by atoms with E-state index in [1.54, 1.807) is 0 Å². The third-order valence-electron chi connectivity index (χ3n) is 0. The van der Waals surface area contributed by atoms with Crippen molar-refractivity contribution in [2.45, 2.75) is 0 Å². The molecule has 0 aromatic rings. The smallest absolute Gasteiger partial charge is 1.00 e. The standard InChI is InChI=1S/HNO2.3Na.Rh.3H/c2-1-3;;;;;;;/h(H,2,3);;;;;;;/q;3*+1;;3*-1. The van der Waals surface area contributed by atoms with Gasteiger partial charge in [0.25, 0.3) is 0 Å². The van der Waals surface area contributed by atoms with Gasteiger partial charge in [-0.25, -0.2) is 0 Å². The van der Waals surface area contributed by atoms with Gasteiger partial charge >= 0.3 is 88.7 Å². The van der Waals surface area contributed by atoms with Crippen molar-refractivity contribution in [1.82, 2.24) is 0 Å². The molecule has 0 atom stereocenters. The second-order valence-corrected chi connectivity index (χ2v) is 0.0816. The summed E-state index contributed by atoms with van der Waals surface area (Å²) in [6.45, 7) is 0. The Morgan fingerprint density at radius 1 is 1.29 bits per heavy atom. The monoisotopic (exact) mass is 222 g/mol. The van der Waals surface area contributed by atoms with Crippen LogP contribution in [0.4, 0.5) is 0 Å². The van der Waals surface area contributed by atoms with Crippen molar-refractivity contribution in [2.75, 3.05) is 0 Å². The summed E-state index contributed by atoms with van der Waals surface area (Å²) in [4.78, 5) is 8.11. The van der Waals surface area contributed by atoms with E-state index in [1.807, 2.05) is 0 Å². The quantitative estimate of drug-likeness (QED) is 0.251. The van der Waals surface area contributed by atoms with Gasteiger partial charge in [-0.15, -0.1) is 4.91 Å². The molecule has 1 radical (unpaired) electrons. The first-order chi connectivity index (χ1) is 1.41. The SMILES string of the molecule is O=NO.[H-].[H-].[H-].[Na+].[Na+].[Na+].[Rh]. The first-order valence-electron chi connectivity index (χ1n) is 0.383. The van der Waals surface area contributed by atoms with E-state index in [1.165, 1.54) is 5.34 Å². The third-order valence-corrected chi connectivity index (χ3v) is 0. The van der Waals surface area contributed by atoms with Gasteiger partial charge in [0.05, 0.1) is 0 Å². The third kappa shape index (κ3) is 48.7. The molecule has 1 N–H and O–H groups in total. The van der Waals surface area contributed by atoms with Crippen LogP contribution >= 0.6 is 0 Å². The Morgan fingerprint density at radius 3 is 1.29 bits per heavy atom. The van der Waals surface area contributed by atoms with Crippen molar-refractivity contribution >= 4 is 0 Å². The minimum Gasteiger partial charge on any atom is -1.00 e. The van der Waals surface area contributed by atoms with E-state index in [-0.39, 0.29) is 112 Å². The maximum Gasteiger partial charge on any atom is 1.00 e. The molecule has 0 bridgehead atoms. The van der Waals surface area contributed by atoms with Crippen LogP contribution in [0.25, 0.3) is 0 Å². The molecule has 0 unspecified atom stereocenters. The zero-order valence-corrected chi connectivity index (χ0v) is 12.3. The van der Waals surface area contributed by atoms with Crippen LogP contribution in [0, 0.1) is 4.91 Å². The molecule has 0 aromatic heterocycles. The molecule has 0 fully saturated rings. The van der Waals surface area contributed by atoms with Crippen LogP contribution in [-0.2, 0) is 19.5 Å². The van der Waals surface area contributed by atoms with Gasteiger partial charge in [0.15, 0.2) is 5.34 Å². The summed E-state index contributed by atoms with van der Waals surface area (Å²) in [6.07, 6.45) is 0. The fourth-order valence-corrected chi connectivity index (χ4v) is 0. The van der Waals surface area contributed by atoms with Crippen LogP contribution < -0.4 is 88.7 Å². The minimum atomic E-state index is 0. The molecular formula is H4NNa3O2Rh. The molecule has 0 rings (SSSR count). The first kappa shape index (κ1) is 32.3. The van der Waals surface area contributed by atoms with Gasteiger partial charge in [0, 0.05) is 19.5 Å². The molecule has 7 heteroatoms. The molecule has 33 valence electrons. The van der Waals surface area contributed by atoms with Crippen LogP contribution in [0.2, 0.25) is 0 Å². The molecule has 3 nitrogen and oxygen atoms in total. The Bertz CT molecular complexity index is 29.2. The predicted molar refractivity (Wildman–Crippen MR) is 10.9 cm³/mol. The van der Waals surface area contributed by atoms with Crippen molar-refractivity contribution in [3.63, 3.8) is 0 Å². The molecule has 0 aliphatic rings. The van der Waals surface area contributed by atoms with Gasteiger partial charge in [0.1, 0.15) is 0 Å². The molecule has 0 heterocycles. The summed E-state index contributed by atoms with van der Waals surface area (Å²) in [5.41, 5.74) is 0. The second kappa shape index (κ2) is 35.9. The molecular weight excluding hydrogens is 218 g/mol. The normalized spacial score (nSPS) is 1.71. The number of hydrogen-bond acceptors (Lipinski definition) is 2. The Balaban J connectivity index is -0.000000000952. The average Bonchev–Trinajstić information content (AvgIpc) is 0.918. The van der Waals surface area contributed by atoms with Gasteiger partial charge < -0.3 is 9.49 Å². The number of nitrogens with zero attached hydrogens (tertiary/aromatic N) is 1. The van der Waals surface area contributed by atoms with Gasteiger partial charge in [-0.05, 0) is 0 Å². The van der Waals surface area contributed by atoms with Crippen molar-refractivity contribution in [1.29, 1.82) is 0 Å². The summed E-state index contributed by atoms with van der Waals surface area (Å²) < 4.78 is 0. The van der Waals surface area contributed by atoms with Crippen LogP contribution in [0.1, 0.15) is 4.28 Å². The zero-order valence-electron chi connectivity index (χ0n) is 7.64. The largest absolute Gasteiger partial charge is 1.00 e. The maximum absolute atomic E-state index is 8.11. The van der Waals surface area contributed by atoms with E-state index < -0.39 is 0 Å². The summed E-state index contributed by atoms with van der Waals surface area (Å²) in [5, 5.41) is 7.89. The maximum atomic E-state index is 8.11. The van der Waals surface area contributed by atoms with E-state index in [0.29, 0.717) is 0 Å². The first-order valence-corrected chi connectivity index (χ1v) is 0.383. The Labute approximate surface area is 125 Å². The molecule has 0 saturated heterocycles. The van der Waals surface area contributed by atoms with Gasteiger partial charge in [-0.1, -0.05) is 0 Å². The summed E-state index contributed by atoms with van der Waals surface area (Å²) in [7, 11) is 0. The molecule has 0 amide bonds. The fourth-order valence-electron chi connectivity index (χ4n) is 0.